The lowest BCUT2D eigenvalue weighted by atomic mass is 9.79. The Balaban J connectivity index is 1.86. The number of hydrogen-bond acceptors (Lipinski definition) is 5. The standard InChI is InChI=1S/C19H36N2O4/c1-15-6-8-19(23,9-7-15)14-21-10-16(25-18(2,3)13-21)11-24-12-17(22)20(4)5/h15-16,23H,6-14H2,1-5H3. The SMILES string of the molecule is CC1CCC(O)(CN2CC(COCC(=O)N(C)C)OC(C)(C)C2)CC1. The van der Waals surface area contributed by atoms with Gasteiger partial charge in [-0.3, -0.25) is 9.69 Å². The molecule has 1 saturated heterocycles. The number of aliphatic hydroxyl groups is 1. The number of nitrogens with zero attached hydrogens (tertiary/aromatic N) is 2. The molecule has 6 heteroatoms. The molecule has 1 N–H and O–H groups in total. The molecule has 25 heavy (non-hydrogen) atoms. The minimum absolute atomic E-state index is 0.0439. The van der Waals surface area contributed by atoms with Crippen LogP contribution in [0.25, 0.3) is 0 Å². The molecule has 0 aromatic rings. The summed E-state index contributed by atoms with van der Waals surface area (Å²) >= 11 is 0. The molecule has 6 nitrogen and oxygen atoms in total. The van der Waals surface area contributed by atoms with Gasteiger partial charge in [0.25, 0.3) is 0 Å². The minimum Gasteiger partial charge on any atom is -0.389 e. The lowest BCUT2D eigenvalue weighted by molar-refractivity contribution is -0.169. The topological polar surface area (TPSA) is 62.2 Å². The van der Waals surface area contributed by atoms with Crippen molar-refractivity contribution < 1.29 is 19.4 Å². The Morgan fingerprint density at radius 2 is 1.96 bits per heavy atom. The van der Waals surface area contributed by atoms with Gasteiger partial charge in [-0.25, -0.2) is 0 Å². The van der Waals surface area contributed by atoms with E-state index in [9.17, 15) is 9.90 Å². The minimum atomic E-state index is -0.577. The smallest absolute Gasteiger partial charge is 0.248 e. The average molecular weight is 357 g/mol. The highest BCUT2D eigenvalue weighted by atomic mass is 16.6. The predicted octanol–water partition coefficient (Wildman–Crippen LogP) is 1.51. The fourth-order valence-electron chi connectivity index (χ4n) is 3.90. The maximum Gasteiger partial charge on any atom is 0.248 e. The zero-order valence-corrected chi connectivity index (χ0v) is 16.6. The Morgan fingerprint density at radius 1 is 1.32 bits per heavy atom. The second kappa shape index (κ2) is 8.33. The summed E-state index contributed by atoms with van der Waals surface area (Å²) in [6, 6.07) is 0. The van der Waals surface area contributed by atoms with Crippen molar-refractivity contribution in [3.63, 3.8) is 0 Å². The monoisotopic (exact) mass is 356 g/mol. The van der Waals surface area contributed by atoms with E-state index >= 15 is 0 Å². The summed E-state index contributed by atoms with van der Waals surface area (Å²) in [7, 11) is 3.44. The van der Waals surface area contributed by atoms with E-state index in [1.54, 1.807) is 14.1 Å². The molecule has 1 amide bonds. The van der Waals surface area contributed by atoms with Crippen LogP contribution in [0.15, 0.2) is 0 Å². The largest absolute Gasteiger partial charge is 0.389 e. The van der Waals surface area contributed by atoms with E-state index < -0.39 is 5.60 Å². The lowest BCUT2D eigenvalue weighted by Crippen LogP contribution is -2.58. The Kier molecular flexibility index (Phi) is 6.87. The summed E-state index contributed by atoms with van der Waals surface area (Å²) in [5.74, 6) is 0.675. The number of carbonyl (C=O) groups excluding carboxylic acids is 1. The van der Waals surface area contributed by atoms with Crippen molar-refractivity contribution in [2.24, 2.45) is 5.92 Å². The second-order valence-corrected chi connectivity index (χ2v) is 8.88. The molecule has 0 bridgehead atoms. The highest BCUT2D eigenvalue weighted by molar-refractivity contribution is 5.76. The van der Waals surface area contributed by atoms with E-state index in [4.69, 9.17) is 9.47 Å². The fourth-order valence-corrected chi connectivity index (χ4v) is 3.90. The van der Waals surface area contributed by atoms with Gasteiger partial charge in [0.2, 0.25) is 5.91 Å². The molecule has 1 heterocycles. The fraction of sp³-hybridized carbons (Fsp3) is 0.947. The van der Waals surface area contributed by atoms with Gasteiger partial charge in [0.05, 0.1) is 23.9 Å². The van der Waals surface area contributed by atoms with Crippen molar-refractivity contribution in [2.45, 2.75) is 63.8 Å². The van der Waals surface area contributed by atoms with Gasteiger partial charge >= 0.3 is 0 Å². The first kappa shape index (κ1) is 20.6. The van der Waals surface area contributed by atoms with Gasteiger partial charge in [-0.1, -0.05) is 6.92 Å². The van der Waals surface area contributed by atoms with Crippen molar-refractivity contribution in [2.75, 3.05) is 46.9 Å². The first-order chi connectivity index (χ1) is 11.6. The van der Waals surface area contributed by atoms with Crippen LogP contribution < -0.4 is 0 Å². The number of β-amino-alcohol motifs (C(OH)–C–C–N with tert-alkyl or cyclic N) is 1. The average Bonchev–Trinajstić information content (AvgIpc) is 2.48. The van der Waals surface area contributed by atoms with Crippen LogP contribution in [0.3, 0.4) is 0 Å². The molecule has 0 radical (unpaired) electrons. The number of carbonyl (C=O) groups is 1. The third kappa shape index (κ3) is 6.51. The van der Waals surface area contributed by atoms with Crippen molar-refractivity contribution in [1.82, 2.24) is 9.80 Å². The second-order valence-electron chi connectivity index (χ2n) is 8.88. The summed E-state index contributed by atoms with van der Waals surface area (Å²) < 4.78 is 11.7. The zero-order valence-electron chi connectivity index (χ0n) is 16.6. The summed E-state index contributed by atoms with van der Waals surface area (Å²) in [4.78, 5) is 15.5. The molecular formula is C19H36N2O4. The van der Waals surface area contributed by atoms with Gasteiger partial charge in [-0.05, 0) is 45.4 Å². The van der Waals surface area contributed by atoms with Gasteiger partial charge in [0, 0.05) is 33.7 Å². The maximum absolute atomic E-state index is 11.6. The van der Waals surface area contributed by atoms with E-state index in [0.29, 0.717) is 13.2 Å². The molecule has 146 valence electrons. The quantitative estimate of drug-likeness (QED) is 0.782. The van der Waals surface area contributed by atoms with Crippen molar-refractivity contribution in [3.05, 3.63) is 0 Å². The Morgan fingerprint density at radius 3 is 2.56 bits per heavy atom. The number of morpholine rings is 1. The van der Waals surface area contributed by atoms with E-state index in [1.807, 2.05) is 0 Å². The van der Waals surface area contributed by atoms with Crippen LogP contribution >= 0.6 is 0 Å². The van der Waals surface area contributed by atoms with Gasteiger partial charge in [-0.15, -0.1) is 0 Å². The molecule has 0 aromatic carbocycles. The number of hydrogen-bond donors (Lipinski definition) is 1. The van der Waals surface area contributed by atoms with E-state index in [1.165, 1.54) is 4.90 Å². The van der Waals surface area contributed by atoms with Crippen molar-refractivity contribution in [3.8, 4) is 0 Å². The summed E-state index contributed by atoms with van der Waals surface area (Å²) in [6.45, 7) is 9.12. The molecule has 1 aliphatic heterocycles. The van der Waals surface area contributed by atoms with Crippen molar-refractivity contribution in [1.29, 1.82) is 0 Å². The van der Waals surface area contributed by atoms with Crippen LogP contribution in [-0.2, 0) is 14.3 Å². The van der Waals surface area contributed by atoms with Crippen LogP contribution in [-0.4, -0.2) is 85.1 Å². The normalized spacial score (nSPS) is 33.2. The number of amides is 1. The van der Waals surface area contributed by atoms with E-state index in [0.717, 1.165) is 44.7 Å². The molecule has 0 spiro atoms. The molecule has 1 atom stereocenters. The predicted molar refractivity (Wildman–Crippen MR) is 97.5 cm³/mol. The maximum atomic E-state index is 11.6. The third-order valence-corrected chi connectivity index (χ3v) is 5.30. The number of ether oxygens (including phenoxy) is 2. The van der Waals surface area contributed by atoms with Gasteiger partial charge in [0.1, 0.15) is 6.61 Å². The Bertz CT molecular complexity index is 445. The van der Waals surface area contributed by atoms with Crippen molar-refractivity contribution >= 4 is 5.91 Å². The Hall–Kier alpha value is -0.690. The molecule has 1 unspecified atom stereocenters. The highest BCUT2D eigenvalue weighted by Crippen LogP contribution is 2.33. The summed E-state index contributed by atoms with van der Waals surface area (Å²) in [5, 5.41) is 10.9. The molecule has 0 aromatic heterocycles. The van der Waals surface area contributed by atoms with E-state index in [-0.39, 0.29) is 24.2 Å². The van der Waals surface area contributed by atoms with Crippen LogP contribution in [0.5, 0.6) is 0 Å². The molecular weight excluding hydrogens is 320 g/mol. The zero-order chi connectivity index (χ0) is 18.7. The van der Waals surface area contributed by atoms with Gasteiger partial charge < -0.3 is 19.5 Å². The Labute approximate surface area is 152 Å². The number of rotatable bonds is 6. The first-order valence-corrected chi connectivity index (χ1v) is 9.49. The van der Waals surface area contributed by atoms with Gasteiger partial charge in [-0.2, -0.15) is 0 Å². The molecule has 2 rings (SSSR count). The van der Waals surface area contributed by atoms with Crippen LogP contribution in [0, 0.1) is 5.92 Å². The summed E-state index contributed by atoms with van der Waals surface area (Å²) in [5.41, 5.74) is -0.859. The van der Waals surface area contributed by atoms with Crippen LogP contribution in [0.2, 0.25) is 0 Å². The molecule has 1 saturated carbocycles. The summed E-state index contributed by atoms with van der Waals surface area (Å²) in [6.07, 6.45) is 3.88. The first-order valence-electron chi connectivity index (χ1n) is 9.49. The van der Waals surface area contributed by atoms with Gasteiger partial charge in [0.15, 0.2) is 0 Å². The highest BCUT2D eigenvalue weighted by Gasteiger charge is 2.39. The van der Waals surface area contributed by atoms with Crippen LogP contribution in [0.1, 0.15) is 46.5 Å². The molecule has 2 aliphatic rings. The van der Waals surface area contributed by atoms with E-state index in [2.05, 4.69) is 25.7 Å². The lowest BCUT2D eigenvalue weighted by Gasteiger charge is -2.46. The van der Waals surface area contributed by atoms with Crippen LogP contribution in [0.4, 0.5) is 0 Å². The third-order valence-electron chi connectivity index (χ3n) is 5.30. The molecule has 1 aliphatic carbocycles. The molecule has 2 fully saturated rings. The number of likely N-dealkylation sites (N-methyl/N-ethyl adjacent to an activating group) is 1.